The Morgan fingerprint density at radius 1 is 1.11 bits per heavy atom. The highest BCUT2D eigenvalue weighted by molar-refractivity contribution is 6.06. The monoisotopic (exact) mass is 370 g/mol. The molecule has 1 aliphatic heterocycles. The summed E-state index contributed by atoms with van der Waals surface area (Å²) in [6.45, 7) is 8.03. The third-order valence-corrected chi connectivity index (χ3v) is 4.88. The third kappa shape index (κ3) is 3.71. The van der Waals surface area contributed by atoms with E-state index < -0.39 is 0 Å². The zero-order valence-corrected chi connectivity index (χ0v) is 16.0. The van der Waals surface area contributed by atoms with Crippen molar-refractivity contribution in [1.29, 1.82) is 0 Å². The van der Waals surface area contributed by atoms with Crippen molar-refractivity contribution in [3.05, 3.63) is 47.0 Å². The van der Waals surface area contributed by atoms with Gasteiger partial charge in [-0.2, -0.15) is 0 Å². The van der Waals surface area contributed by atoms with Gasteiger partial charge in [-0.05, 0) is 25.0 Å². The van der Waals surface area contributed by atoms with Crippen molar-refractivity contribution in [3.8, 4) is 11.5 Å². The highest BCUT2D eigenvalue weighted by Gasteiger charge is 2.28. The summed E-state index contributed by atoms with van der Waals surface area (Å²) in [5.74, 6) is -0.281. The topological polar surface area (TPSA) is 82.0 Å². The number of hydrogen-bond acceptors (Lipinski definition) is 5. The van der Waals surface area contributed by atoms with Crippen LogP contribution in [0, 0.1) is 6.92 Å². The number of nitrogens with zero attached hydrogens (tertiary/aromatic N) is 1. The summed E-state index contributed by atoms with van der Waals surface area (Å²) in [5, 5.41) is 24.7. The minimum Gasteiger partial charge on any atom is -0.505 e. The number of benzene rings is 2. The number of nitrogens with one attached hydrogen (secondary N) is 1. The first kappa shape index (κ1) is 19.0. The zero-order valence-electron chi connectivity index (χ0n) is 16.0. The van der Waals surface area contributed by atoms with Crippen molar-refractivity contribution in [2.45, 2.75) is 26.7 Å². The first-order chi connectivity index (χ1) is 12.9. The molecule has 2 aromatic carbocycles. The van der Waals surface area contributed by atoms with Crippen LogP contribution in [0.15, 0.2) is 30.3 Å². The number of carbonyl (C=O) groups excluding carboxylic acids is 1. The van der Waals surface area contributed by atoms with Gasteiger partial charge in [0.1, 0.15) is 11.5 Å². The lowest BCUT2D eigenvalue weighted by atomic mass is 9.94. The van der Waals surface area contributed by atoms with Crippen LogP contribution in [0.5, 0.6) is 11.5 Å². The predicted octanol–water partition coefficient (Wildman–Crippen LogP) is 3.62. The van der Waals surface area contributed by atoms with Crippen LogP contribution < -0.4 is 10.2 Å². The maximum Gasteiger partial charge on any atom is 0.255 e. The second-order valence-corrected chi connectivity index (χ2v) is 7.03. The Bertz CT molecular complexity index is 828. The molecule has 1 fully saturated rings. The number of carbonyl (C=O) groups is 1. The summed E-state index contributed by atoms with van der Waals surface area (Å²) < 4.78 is 5.40. The van der Waals surface area contributed by atoms with Gasteiger partial charge in [0.05, 0.1) is 24.6 Å². The fourth-order valence-electron chi connectivity index (χ4n) is 3.43. The Hall–Kier alpha value is -2.73. The number of hydrogen-bond donors (Lipinski definition) is 3. The van der Waals surface area contributed by atoms with Crippen LogP contribution in [0.1, 0.15) is 41.3 Å². The zero-order chi connectivity index (χ0) is 19.6. The summed E-state index contributed by atoms with van der Waals surface area (Å²) in [6, 6.07) is 8.79. The van der Waals surface area contributed by atoms with E-state index in [2.05, 4.69) is 5.32 Å². The fourth-order valence-corrected chi connectivity index (χ4v) is 3.43. The van der Waals surface area contributed by atoms with Gasteiger partial charge in [-0.1, -0.05) is 32.0 Å². The van der Waals surface area contributed by atoms with Crippen LogP contribution in [0.25, 0.3) is 0 Å². The van der Waals surface area contributed by atoms with Crippen LogP contribution in [-0.4, -0.2) is 42.4 Å². The predicted molar refractivity (Wildman–Crippen MR) is 106 cm³/mol. The smallest absolute Gasteiger partial charge is 0.255 e. The standard InChI is InChI=1S/C21H26N2O4/c1-13(2)16-18(23-9-11-27-12-10-23)19(24)14(3)17(20(16)25)22-21(26)15-7-5-4-6-8-15/h4-8,13,24-25H,9-12H2,1-3H3,(H,22,26). The number of aromatic hydroxyl groups is 2. The molecule has 1 saturated heterocycles. The van der Waals surface area contributed by atoms with E-state index >= 15 is 0 Å². The highest BCUT2D eigenvalue weighted by atomic mass is 16.5. The van der Waals surface area contributed by atoms with E-state index in [9.17, 15) is 15.0 Å². The second kappa shape index (κ2) is 7.88. The maximum absolute atomic E-state index is 12.6. The van der Waals surface area contributed by atoms with Crippen molar-refractivity contribution >= 4 is 17.3 Å². The number of ether oxygens (including phenoxy) is 1. The van der Waals surface area contributed by atoms with Crippen LogP contribution in [-0.2, 0) is 4.74 Å². The van der Waals surface area contributed by atoms with Crippen molar-refractivity contribution in [2.75, 3.05) is 36.5 Å². The highest BCUT2D eigenvalue weighted by Crippen LogP contribution is 2.49. The number of phenols is 2. The number of anilines is 2. The molecule has 144 valence electrons. The van der Waals surface area contributed by atoms with Gasteiger partial charge in [0, 0.05) is 29.8 Å². The molecule has 2 aromatic rings. The quantitative estimate of drug-likeness (QED) is 0.566. The molecule has 0 spiro atoms. The van der Waals surface area contributed by atoms with Crippen molar-refractivity contribution in [1.82, 2.24) is 0 Å². The third-order valence-electron chi connectivity index (χ3n) is 4.88. The van der Waals surface area contributed by atoms with E-state index in [0.29, 0.717) is 48.7 Å². The molecule has 6 heteroatoms. The molecule has 0 aromatic heterocycles. The summed E-state index contributed by atoms with van der Waals surface area (Å²) in [7, 11) is 0. The van der Waals surface area contributed by atoms with Gasteiger partial charge in [0.2, 0.25) is 0 Å². The molecule has 1 amide bonds. The Labute approximate surface area is 159 Å². The summed E-state index contributed by atoms with van der Waals surface area (Å²) in [4.78, 5) is 14.6. The van der Waals surface area contributed by atoms with Gasteiger partial charge in [0.15, 0.2) is 0 Å². The van der Waals surface area contributed by atoms with Crippen molar-refractivity contribution < 1.29 is 19.7 Å². The van der Waals surface area contributed by atoms with Gasteiger partial charge in [-0.3, -0.25) is 4.79 Å². The van der Waals surface area contributed by atoms with Gasteiger partial charge in [-0.25, -0.2) is 0 Å². The molecular weight excluding hydrogens is 344 g/mol. The molecule has 6 nitrogen and oxygen atoms in total. The Kier molecular flexibility index (Phi) is 5.56. The van der Waals surface area contributed by atoms with Crippen LogP contribution in [0.4, 0.5) is 11.4 Å². The van der Waals surface area contributed by atoms with E-state index in [1.165, 1.54) is 0 Å². The first-order valence-electron chi connectivity index (χ1n) is 9.19. The normalized spacial score (nSPS) is 14.4. The largest absolute Gasteiger partial charge is 0.505 e. The van der Waals surface area contributed by atoms with E-state index in [4.69, 9.17) is 4.74 Å². The van der Waals surface area contributed by atoms with E-state index in [-0.39, 0.29) is 29.0 Å². The van der Waals surface area contributed by atoms with E-state index in [1.807, 2.05) is 24.8 Å². The Balaban J connectivity index is 2.06. The average molecular weight is 370 g/mol. The SMILES string of the molecule is Cc1c(O)c(N2CCOCC2)c(C(C)C)c(O)c1NC(=O)c1ccccc1. The molecule has 0 atom stereocenters. The van der Waals surface area contributed by atoms with E-state index in [1.54, 1.807) is 31.2 Å². The number of amides is 1. The van der Waals surface area contributed by atoms with Crippen molar-refractivity contribution in [2.24, 2.45) is 0 Å². The number of phenolic OH excluding ortho intramolecular Hbond substituents is 2. The molecule has 3 rings (SSSR count). The molecule has 3 N–H and O–H groups in total. The number of rotatable bonds is 4. The summed E-state index contributed by atoms with van der Waals surface area (Å²) in [6.07, 6.45) is 0. The molecule has 0 unspecified atom stereocenters. The minimum absolute atomic E-state index is 0.00562. The second-order valence-electron chi connectivity index (χ2n) is 7.03. The molecule has 1 aliphatic rings. The molecule has 1 heterocycles. The number of morpholine rings is 1. The van der Waals surface area contributed by atoms with Crippen LogP contribution >= 0.6 is 0 Å². The lowest BCUT2D eigenvalue weighted by molar-refractivity contribution is 0.102. The van der Waals surface area contributed by atoms with E-state index in [0.717, 1.165) is 0 Å². The van der Waals surface area contributed by atoms with Gasteiger partial charge in [-0.15, -0.1) is 0 Å². The fraction of sp³-hybridized carbons (Fsp3) is 0.381. The molecule has 27 heavy (non-hydrogen) atoms. The Morgan fingerprint density at radius 2 is 1.74 bits per heavy atom. The van der Waals surface area contributed by atoms with Crippen LogP contribution in [0.3, 0.4) is 0 Å². The maximum atomic E-state index is 12.6. The Morgan fingerprint density at radius 3 is 2.33 bits per heavy atom. The van der Waals surface area contributed by atoms with Gasteiger partial charge in [0.25, 0.3) is 5.91 Å². The average Bonchev–Trinajstić information content (AvgIpc) is 2.68. The minimum atomic E-state index is -0.331. The molecule has 0 bridgehead atoms. The van der Waals surface area contributed by atoms with Crippen LogP contribution in [0.2, 0.25) is 0 Å². The summed E-state index contributed by atoms with van der Waals surface area (Å²) >= 11 is 0. The van der Waals surface area contributed by atoms with Gasteiger partial charge < -0.3 is 25.2 Å². The summed E-state index contributed by atoms with van der Waals surface area (Å²) in [5.41, 5.74) is 2.44. The molecular formula is C21H26N2O4. The lowest BCUT2D eigenvalue weighted by Crippen LogP contribution is -2.37. The molecule has 0 saturated carbocycles. The van der Waals surface area contributed by atoms with Gasteiger partial charge >= 0.3 is 0 Å². The lowest BCUT2D eigenvalue weighted by Gasteiger charge is -2.33. The molecule has 0 radical (unpaired) electrons. The molecule has 0 aliphatic carbocycles. The first-order valence-corrected chi connectivity index (χ1v) is 9.19. The van der Waals surface area contributed by atoms with Crippen molar-refractivity contribution in [3.63, 3.8) is 0 Å².